The van der Waals surface area contributed by atoms with E-state index in [0.717, 1.165) is 5.56 Å². The van der Waals surface area contributed by atoms with Crippen molar-refractivity contribution < 1.29 is 22.7 Å². The predicted octanol–water partition coefficient (Wildman–Crippen LogP) is 3.26. The van der Waals surface area contributed by atoms with Gasteiger partial charge in [-0.15, -0.1) is 13.2 Å². The number of amides is 1. The van der Waals surface area contributed by atoms with Gasteiger partial charge in [0.1, 0.15) is 5.75 Å². The predicted molar refractivity (Wildman–Crippen MR) is 92.6 cm³/mol. The minimum atomic E-state index is -4.75. The molecule has 1 atom stereocenters. The lowest BCUT2D eigenvalue weighted by molar-refractivity contribution is -0.275. The van der Waals surface area contributed by atoms with Crippen LogP contribution in [0.2, 0.25) is 0 Å². The molecule has 8 heteroatoms. The molecule has 0 saturated carbocycles. The molecule has 0 spiro atoms. The number of aromatic nitrogens is 1. The first kappa shape index (κ1) is 19.2. The Bertz CT molecular complexity index is 768. The van der Waals surface area contributed by atoms with Crippen LogP contribution in [0.15, 0.2) is 48.8 Å². The lowest BCUT2D eigenvalue weighted by atomic mass is 10.1. The first-order valence-electron chi connectivity index (χ1n) is 8.63. The highest BCUT2D eigenvalue weighted by atomic mass is 19.4. The van der Waals surface area contributed by atoms with E-state index < -0.39 is 6.36 Å². The molecule has 2 heterocycles. The largest absolute Gasteiger partial charge is 0.573 e. The molecule has 1 aliphatic heterocycles. The number of alkyl halides is 3. The van der Waals surface area contributed by atoms with Gasteiger partial charge in [0.2, 0.25) is 5.91 Å². The van der Waals surface area contributed by atoms with Crippen molar-refractivity contribution >= 4 is 5.91 Å². The van der Waals surface area contributed by atoms with Gasteiger partial charge >= 0.3 is 6.36 Å². The molecule has 27 heavy (non-hydrogen) atoms. The number of ether oxygens (including phenoxy) is 1. The van der Waals surface area contributed by atoms with E-state index in [1.807, 2.05) is 17.0 Å². The lowest BCUT2D eigenvalue weighted by Gasteiger charge is -2.26. The van der Waals surface area contributed by atoms with Gasteiger partial charge in [-0.25, -0.2) is 0 Å². The molecule has 0 radical (unpaired) electrons. The molecule has 1 aromatic carbocycles. The van der Waals surface area contributed by atoms with Crippen LogP contribution in [-0.4, -0.2) is 34.7 Å². The van der Waals surface area contributed by atoms with Crippen LogP contribution in [0.4, 0.5) is 13.2 Å². The van der Waals surface area contributed by atoms with Crippen molar-refractivity contribution in [2.45, 2.75) is 38.3 Å². The van der Waals surface area contributed by atoms with Crippen molar-refractivity contribution in [1.29, 1.82) is 0 Å². The number of nitrogens with zero attached hydrogens (tertiary/aromatic N) is 2. The summed E-state index contributed by atoms with van der Waals surface area (Å²) in [7, 11) is 0. The van der Waals surface area contributed by atoms with Crippen molar-refractivity contribution in [3.05, 3.63) is 59.9 Å². The molecule has 5 nitrogen and oxygen atoms in total. The normalized spacial score (nSPS) is 17.2. The van der Waals surface area contributed by atoms with Crippen LogP contribution in [0.5, 0.6) is 5.75 Å². The second-order valence-corrected chi connectivity index (χ2v) is 6.49. The third-order valence-electron chi connectivity index (χ3n) is 4.28. The fourth-order valence-electron chi connectivity index (χ4n) is 3.16. The Labute approximate surface area is 155 Å². The maximum Gasteiger partial charge on any atom is 0.573 e. The number of para-hydroxylation sites is 1. The van der Waals surface area contributed by atoms with Gasteiger partial charge in [-0.05, 0) is 24.1 Å². The Kier molecular flexibility index (Phi) is 5.95. The third-order valence-corrected chi connectivity index (χ3v) is 4.28. The zero-order chi connectivity index (χ0) is 19.3. The fraction of sp³-hybridized carbons (Fsp3) is 0.368. The molecule has 0 bridgehead atoms. The quantitative estimate of drug-likeness (QED) is 0.802. The van der Waals surface area contributed by atoms with E-state index in [0.29, 0.717) is 31.5 Å². The van der Waals surface area contributed by atoms with Gasteiger partial charge in [-0.1, -0.05) is 24.3 Å². The molecule has 144 valence electrons. The number of carbonyl (C=O) groups excluding carboxylic acids is 1. The van der Waals surface area contributed by atoms with E-state index in [1.165, 1.54) is 12.1 Å². The Balaban J connectivity index is 1.77. The summed E-state index contributed by atoms with van der Waals surface area (Å²) in [5, 5.41) is 2.90. The Hall–Kier alpha value is -2.61. The number of benzene rings is 1. The standard InChI is InChI=1S/C19H20F3N3O2/c20-19(21,22)27-17-6-2-1-5-15(17)12-25(11-14-4-3-9-23-10-14)13-16-7-8-18(26)24-16/h1-6,9-10,16H,7-8,11-13H2,(H,24,26)/t16-/m0/s1. The summed E-state index contributed by atoms with van der Waals surface area (Å²) < 4.78 is 42.2. The number of nitrogens with one attached hydrogen (secondary N) is 1. The van der Waals surface area contributed by atoms with Crippen molar-refractivity contribution in [1.82, 2.24) is 15.2 Å². The Morgan fingerprint density at radius 1 is 1.19 bits per heavy atom. The minimum Gasteiger partial charge on any atom is -0.405 e. The maximum absolute atomic E-state index is 12.7. The smallest absolute Gasteiger partial charge is 0.405 e. The second-order valence-electron chi connectivity index (χ2n) is 6.49. The van der Waals surface area contributed by atoms with Crippen LogP contribution in [0.1, 0.15) is 24.0 Å². The average Bonchev–Trinajstić information content (AvgIpc) is 3.01. The number of pyridine rings is 1. The molecule has 1 aliphatic rings. The van der Waals surface area contributed by atoms with E-state index in [4.69, 9.17) is 0 Å². The van der Waals surface area contributed by atoms with Crippen LogP contribution in [0.3, 0.4) is 0 Å². The zero-order valence-electron chi connectivity index (χ0n) is 14.6. The summed E-state index contributed by atoms with van der Waals surface area (Å²) in [4.78, 5) is 17.6. The maximum atomic E-state index is 12.7. The highest BCUT2D eigenvalue weighted by Gasteiger charge is 2.32. The number of hydrogen-bond acceptors (Lipinski definition) is 4. The summed E-state index contributed by atoms with van der Waals surface area (Å²) in [6.07, 6.45) is -0.179. The molecule has 1 fully saturated rings. The highest BCUT2D eigenvalue weighted by molar-refractivity contribution is 5.78. The Morgan fingerprint density at radius 2 is 2.00 bits per heavy atom. The first-order chi connectivity index (χ1) is 12.9. The molecule has 1 amide bonds. The molecule has 1 saturated heterocycles. The van der Waals surface area contributed by atoms with Gasteiger partial charge in [0.15, 0.2) is 0 Å². The van der Waals surface area contributed by atoms with E-state index in [1.54, 1.807) is 24.5 Å². The zero-order valence-corrected chi connectivity index (χ0v) is 14.6. The average molecular weight is 379 g/mol. The first-order valence-corrected chi connectivity index (χ1v) is 8.63. The van der Waals surface area contributed by atoms with Crippen molar-refractivity contribution in [3.63, 3.8) is 0 Å². The summed E-state index contributed by atoms with van der Waals surface area (Å²) in [5.41, 5.74) is 1.37. The van der Waals surface area contributed by atoms with Gasteiger partial charge in [-0.3, -0.25) is 14.7 Å². The second kappa shape index (κ2) is 8.39. The number of rotatable bonds is 7. The van der Waals surface area contributed by atoms with Gasteiger partial charge in [0.05, 0.1) is 0 Å². The van der Waals surface area contributed by atoms with Crippen LogP contribution in [0.25, 0.3) is 0 Å². The summed E-state index contributed by atoms with van der Waals surface area (Å²) in [6.45, 7) is 1.29. The summed E-state index contributed by atoms with van der Waals surface area (Å²) in [6, 6.07) is 9.81. The molecule has 3 rings (SSSR count). The monoisotopic (exact) mass is 379 g/mol. The lowest BCUT2D eigenvalue weighted by Crippen LogP contribution is -2.38. The van der Waals surface area contributed by atoms with E-state index >= 15 is 0 Å². The number of halogens is 3. The van der Waals surface area contributed by atoms with Crippen LogP contribution in [-0.2, 0) is 17.9 Å². The Morgan fingerprint density at radius 3 is 2.67 bits per heavy atom. The van der Waals surface area contributed by atoms with Gasteiger partial charge < -0.3 is 10.1 Å². The van der Waals surface area contributed by atoms with Crippen LogP contribution in [0, 0.1) is 0 Å². The molecule has 1 N–H and O–H groups in total. The van der Waals surface area contributed by atoms with Crippen LogP contribution < -0.4 is 10.1 Å². The molecule has 0 aliphatic carbocycles. The molecule has 1 aromatic heterocycles. The molecular formula is C19H20F3N3O2. The van der Waals surface area contributed by atoms with Crippen LogP contribution >= 0.6 is 0 Å². The van der Waals surface area contributed by atoms with E-state index in [9.17, 15) is 18.0 Å². The van der Waals surface area contributed by atoms with Crippen molar-refractivity contribution in [2.24, 2.45) is 0 Å². The molecular weight excluding hydrogens is 359 g/mol. The molecule has 0 unspecified atom stereocenters. The van der Waals surface area contributed by atoms with Gasteiger partial charge in [0, 0.05) is 50.1 Å². The number of carbonyl (C=O) groups is 1. The summed E-state index contributed by atoms with van der Waals surface area (Å²) in [5.74, 6) is -0.209. The van der Waals surface area contributed by atoms with Crippen molar-refractivity contribution in [3.8, 4) is 5.75 Å². The van der Waals surface area contributed by atoms with E-state index in [2.05, 4.69) is 15.0 Å². The summed E-state index contributed by atoms with van der Waals surface area (Å²) >= 11 is 0. The molecule has 2 aromatic rings. The van der Waals surface area contributed by atoms with Gasteiger partial charge in [-0.2, -0.15) is 0 Å². The topological polar surface area (TPSA) is 54.5 Å². The van der Waals surface area contributed by atoms with E-state index in [-0.39, 0.29) is 24.2 Å². The third kappa shape index (κ3) is 5.96. The number of hydrogen-bond donors (Lipinski definition) is 1. The highest BCUT2D eigenvalue weighted by Crippen LogP contribution is 2.27. The SMILES string of the molecule is O=C1CC[C@@H](CN(Cc2cccnc2)Cc2ccccc2OC(F)(F)F)N1. The minimum absolute atomic E-state index is 0.00197. The van der Waals surface area contributed by atoms with Crippen molar-refractivity contribution in [2.75, 3.05) is 6.54 Å². The fourth-order valence-corrected chi connectivity index (χ4v) is 3.16. The van der Waals surface area contributed by atoms with Gasteiger partial charge in [0.25, 0.3) is 0 Å².